The number of benzene rings is 3. The summed E-state index contributed by atoms with van der Waals surface area (Å²) >= 11 is 6.21. The number of halogens is 2. The Morgan fingerprint density at radius 2 is 1.87 bits per heavy atom. The van der Waals surface area contributed by atoms with E-state index in [9.17, 15) is 9.50 Å². The van der Waals surface area contributed by atoms with Gasteiger partial charge in [0.05, 0.1) is 11.1 Å². The Morgan fingerprint density at radius 1 is 1.00 bits per heavy atom. The molecule has 5 rings (SSSR count). The third-order valence-electron chi connectivity index (χ3n) is 5.62. The summed E-state index contributed by atoms with van der Waals surface area (Å²) in [6.07, 6.45) is 0. The molecule has 1 saturated heterocycles. The number of fused-ring (bicyclic) bond motifs is 1. The molecule has 0 saturated carbocycles. The predicted molar refractivity (Wildman–Crippen MR) is 121 cm³/mol. The SMILES string of the molecule is Oc1ccc(F)cc1-c1nc(N[C@@H]2CNC[C@H]2c2cccc(Cl)c2)c2ccccc2n1. The number of nitrogens with one attached hydrogen (secondary N) is 2. The van der Waals surface area contributed by atoms with E-state index in [1.165, 1.54) is 18.2 Å². The van der Waals surface area contributed by atoms with Crippen molar-refractivity contribution in [1.29, 1.82) is 0 Å². The Bertz CT molecular complexity index is 1270. The number of hydrogen-bond donors (Lipinski definition) is 3. The predicted octanol–water partition coefficient (Wildman–Crippen LogP) is 4.96. The first-order valence-electron chi connectivity index (χ1n) is 10.1. The van der Waals surface area contributed by atoms with Crippen molar-refractivity contribution in [3.05, 3.63) is 83.1 Å². The molecule has 1 aliphatic rings. The third-order valence-corrected chi connectivity index (χ3v) is 5.85. The van der Waals surface area contributed by atoms with Gasteiger partial charge < -0.3 is 15.7 Å². The first-order valence-corrected chi connectivity index (χ1v) is 10.4. The highest BCUT2D eigenvalue weighted by Crippen LogP contribution is 2.33. The van der Waals surface area contributed by atoms with Crippen molar-refractivity contribution in [2.75, 3.05) is 18.4 Å². The van der Waals surface area contributed by atoms with E-state index in [0.29, 0.717) is 16.4 Å². The molecule has 3 aromatic carbocycles. The van der Waals surface area contributed by atoms with Crippen molar-refractivity contribution in [3.63, 3.8) is 0 Å². The summed E-state index contributed by atoms with van der Waals surface area (Å²) in [6.45, 7) is 1.58. The number of aromatic hydroxyl groups is 1. The van der Waals surface area contributed by atoms with Crippen LogP contribution in [0.15, 0.2) is 66.7 Å². The van der Waals surface area contributed by atoms with Crippen LogP contribution in [0.3, 0.4) is 0 Å². The van der Waals surface area contributed by atoms with Crippen LogP contribution in [-0.4, -0.2) is 34.2 Å². The minimum absolute atomic E-state index is 0.0676. The lowest BCUT2D eigenvalue weighted by atomic mass is 9.94. The van der Waals surface area contributed by atoms with Gasteiger partial charge in [-0.1, -0.05) is 35.9 Å². The largest absolute Gasteiger partial charge is 0.507 e. The average molecular weight is 435 g/mol. The lowest BCUT2D eigenvalue weighted by Crippen LogP contribution is -2.27. The highest BCUT2D eigenvalue weighted by molar-refractivity contribution is 6.30. The number of rotatable bonds is 4. The standard InChI is InChI=1S/C24H20ClFN4O/c25-15-5-3-4-14(10-15)19-12-27-13-21(19)29-23-17-6-1-2-7-20(17)28-24(30-23)18-11-16(26)8-9-22(18)31/h1-11,19,21,27,31H,12-13H2,(H,28,29,30)/t19-,21+/m0/s1. The zero-order valence-electron chi connectivity index (χ0n) is 16.5. The van der Waals surface area contributed by atoms with E-state index in [1.807, 2.05) is 42.5 Å². The fourth-order valence-electron chi connectivity index (χ4n) is 4.09. The van der Waals surface area contributed by atoms with Gasteiger partial charge in [0.15, 0.2) is 5.82 Å². The molecule has 0 spiro atoms. The summed E-state index contributed by atoms with van der Waals surface area (Å²) in [5.41, 5.74) is 2.12. The zero-order valence-corrected chi connectivity index (χ0v) is 17.3. The molecule has 0 radical (unpaired) electrons. The summed E-state index contributed by atoms with van der Waals surface area (Å²) in [4.78, 5) is 9.24. The summed E-state index contributed by atoms with van der Waals surface area (Å²) in [5.74, 6) is 0.592. The second-order valence-corrected chi connectivity index (χ2v) is 8.08. The van der Waals surface area contributed by atoms with Crippen molar-refractivity contribution in [1.82, 2.24) is 15.3 Å². The topological polar surface area (TPSA) is 70.1 Å². The van der Waals surface area contributed by atoms with Crippen LogP contribution in [-0.2, 0) is 0 Å². The van der Waals surface area contributed by atoms with Gasteiger partial charge in [-0.2, -0.15) is 0 Å². The molecule has 5 nitrogen and oxygen atoms in total. The molecule has 1 aromatic heterocycles. The van der Waals surface area contributed by atoms with Crippen molar-refractivity contribution < 1.29 is 9.50 Å². The lowest BCUT2D eigenvalue weighted by Gasteiger charge is -2.22. The molecule has 2 heterocycles. The summed E-state index contributed by atoms with van der Waals surface area (Å²) < 4.78 is 13.8. The van der Waals surface area contributed by atoms with Gasteiger partial charge in [0, 0.05) is 35.5 Å². The summed E-state index contributed by atoms with van der Waals surface area (Å²) in [7, 11) is 0. The van der Waals surface area contributed by atoms with Crippen LogP contribution in [0.25, 0.3) is 22.3 Å². The molecule has 4 aromatic rings. The molecular formula is C24H20ClFN4O. The number of anilines is 1. The van der Waals surface area contributed by atoms with E-state index >= 15 is 0 Å². The van der Waals surface area contributed by atoms with Gasteiger partial charge in [-0.25, -0.2) is 14.4 Å². The maximum atomic E-state index is 13.8. The second-order valence-electron chi connectivity index (χ2n) is 7.65. The number of phenolic OH excluding ortho intramolecular Hbond substituents is 1. The van der Waals surface area contributed by atoms with Crippen molar-refractivity contribution in [3.8, 4) is 17.1 Å². The normalized spacial score (nSPS) is 18.4. The maximum absolute atomic E-state index is 13.8. The Labute approximate surface area is 183 Å². The Morgan fingerprint density at radius 3 is 2.74 bits per heavy atom. The Balaban J connectivity index is 1.57. The molecule has 156 valence electrons. The summed E-state index contributed by atoms with van der Waals surface area (Å²) in [5, 5.41) is 18.8. The van der Waals surface area contributed by atoms with Gasteiger partial charge in [-0.3, -0.25) is 0 Å². The maximum Gasteiger partial charge on any atom is 0.165 e. The fourth-order valence-corrected chi connectivity index (χ4v) is 4.29. The number of phenols is 1. The smallest absolute Gasteiger partial charge is 0.165 e. The lowest BCUT2D eigenvalue weighted by molar-refractivity contribution is 0.475. The zero-order chi connectivity index (χ0) is 21.4. The quantitative estimate of drug-likeness (QED) is 0.423. The number of aromatic nitrogens is 2. The van der Waals surface area contributed by atoms with Crippen LogP contribution in [0.5, 0.6) is 5.75 Å². The van der Waals surface area contributed by atoms with Crippen molar-refractivity contribution in [2.45, 2.75) is 12.0 Å². The minimum Gasteiger partial charge on any atom is -0.507 e. The molecule has 0 unspecified atom stereocenters. The molecule has 1 fully saturated rings. The van der Waals surface area contributed by atoms with Crippen LogP contribution in [0, 0.1) is 5.82 Å². The molecular weight excluding hydrogens is 415 g/mol. The highest BCUT2D eigenvalue weighted by atomic mass is 35.5. The van der Waals surface area contributed by atoms with E-state index in [1.54, 1.807) is 0 Å². The monoisotopic (exact) mass is 434 g/mol. The summed E-state index contributed by atoms with van der Waals surface area (Å²) in [6, 6.07) is 19.4. The van der Waals surface area contributed by atoms with Gasteiger partial charge in [0.1, 0.15) is 17.4 Å². The minimum atomic E-state index is -0.458. The molecule has 31 heavy (non-hydrogen) atoms. The van der Waals surface area contributed by atoms with Crippen molar-refractivity contribution in [2.24, 2.45) is 0 Å². The van der Waals surface area contributed by atoms with Crippen LogP contribution in [0.4, 0.5) is 10.2 Å². The van der Waals surface area contributed by atoms with E-state index in [0.717, 1.165) is 24.0 Å². The number of nitrogens with zero attached hydrogens (tertiary/aromatic N) is 2. The van der Waals surface area contributed by atoms with Gasteiger partial charge in [0.25, 0.3) is 0 Å². The Kier molecular flexibility index (Phi) is 5.18. The molecule has 0 amide bonds. The first-order chi connectivity index (χ1) is 15.1. The molecule has 1 aliphatic heterocycles. The molecule has 7 heteroatoms. The van der Waals surface area contributed by atoms with Crippen LogP contribution in [0.2, 0.25) is 5.02 Å². The van der Waals surface area contributed by atoms with Crippen LogP contribution in [0.1, 0.15) is 11.5 Å². The van der Waals surface area contributed by atoms with E-state index in [4.69, 9.17) is 11.6 Å². The van der Waals surface area contributed by atoms with E-state index in [-0.39, 0.29) is 29.1 Å². The van der Waals surface area contributed by atoms with Crippen LogP contribution >= 0.6 is 11.6 Å². The fraction of sp³-hybridized carbons (Fsp3) is 0.167. The van der Waals surface area contributed by atoms with Gasteiger partial charge in [0.2, 0.25) is 0 Å². The highest BCUT2D eigenvalue weighted by Gasteiger charge is 2.29. The van der Waals surface area contributed by atoms with Crippen LogP contribution < -0.4 is 10.6 Å². The molecule has 0 aliphatic carbocycles. The number of para-hydroxylation sites is 1. The second kappa shape index (κ2) is 8.13. The Hall–Kier alpha value is -3.22. The van der Waals surface area contributed by atoms with Gasteiger partial charge in [-0.15, -0.1) is 0 Å². The average Bonchev–Trinajstić information content (AvgIpc) is 3.23. The van der Waals surface area contributed by atoms with E-state index < -0.39 is 5.82 Å². The van der Waals surface area contributed by atoms with Gasteiger partial charge >= 0.3 is 0 Å². The third kappa shape index (κ3) is 3.92. The molecule has 3 N–H and O–H groups in total. The van der Waals surface area contributed by atoms with E-state index in [2.05, 4.69) is 26.7 Å². The van der Waals surface area contributed by atoms with Crippen molar-refractivity contribution >= 4 is 28.3 Å². The van der Waals surface area contributed by atoms with Gasteiger partial charge in [-0.05, 0) is 48.0 Å². The molecule has 2 atom stereocenters. The molecule has 0 bridgehead atoms. The first kappa shape index (κ1) is 19.7. The number of hydrogen-bond acceptors (Lipinski definition) is 5.